The lowest BCUT2D eigenvalue weighted by atomic mass is 10.2. The molecule has 0 aliphatic carbocycles. The maximum Gasteiger partial charge on any atom is 0.0652 e. The van der Waals surface area contributed by atoms with Gasteiger partial charge >= 0.3 is 0 Å². The van der Waals surface area contributed by atoms with Crippen molar-refractivity contribution in [3.8, 4) is 0 Å². The van der Waals surface area contributed by atoms with Gasteiger partial charge in [0.25, 0.3) is 0 Å². The van der Waals surface area contributed by atoms with Gasteiger partial charge in [-0.15, -0.1) is 0 Å². The van der Waals surface area contributed by atoms with Gasteiger partial charge in [-0.25, -0.2) is 0 Å². The molecule has 64 valence electrons. The molecule has 0 saturated heterocycles. The molecule has 0 aromatic heterocycles. The van der Waals surface area contributed by atoms with E-state index in [4.69, 9.17) is 4.74 Å². The summed E-state index contributed by atoms with van der Waals surface area (Å²) in [5.74, 6) is 0. The van der Waals surface area contributed by atoms with Crippen LogP contribution in [0.2, 0.25) is 0 Å². The van der Waals surface area contributed by atoms with Gasteiger partial charge in [-0.3, -0.25) is 0 Å². The fraction of sp³-hybridized carbons (Fsp3) is 0.273. The van der Waals surface area contributed by atoms with E-state index in [2.05, 4.69) is 19.1 Å². The topological polar surface area (TPSA) is 9.23 Å². The highest BCUT2D eigenvalue weighted by Gasteiger charge is 1.83. The Morgan fingerprint density at radius 1 is 1.00 bits per heavy atom. The lowest BCUT2D eigenvalue weighted by Crippen LogP contribution is -1.76. The molecule has 0 atom stereocenters. The van der Waals surface area contributed by atoms with E-state index in [-0.39, 0.29) is 0 Å². The molecule has 0 radical (unpaired) electrons. The van der Waals surface area contributed by atoms with Crippen molar-refractivity contribution in [3.63, 3.8) is 0 Å². The summed E-state index contributed by atoms with van der Waals surface area (Å²) in [5, 5.41) is 0. The van der Waals surface area contributed by atoms with Gasteiger partial charge in [-0.2, -0.15) is 0 Å². The highest BCUT2D eigenvalue weighted by atomic mass is 16.5. The van der Waals surface area contributed by atoms with Crippen molar-refractivity contribution in [2.24, 2.45) is 0 Å². The molecule has 2 rings (SSSR count). The van der Waals surface area contributed by atoms with Crippen LogP contribution in [-0.4, -0.2) is 13.2 Å². The summed E-state index contributed by atoms with van der Waals surface area (Å²) >= 11 is 0. The van der Waals surface area contributed by atoms with Gasteiger partial charge in [-0.05, 0) is 6.92 Å². The standard InChI is InChI=1S/C7H8.C4H6O/c1-7-5-3-2-4-6-7;1-2-4-5-3-1/h2-6H,1H3;1-2H,3-4H2. The van der Waals surface area contributed by atoms with Crippen molar-refractivity contribution in [2.45, 2.75) is 6.92 Å². The smallest absolute Gasteiger partial charge is 0.0652 e. The van der Waals surface area contributed by atoms with Gasteiger partial charge in [0, 0.05) is 0 Å². The average molecular weight is 162 g/mol. The van der Waals surface area contributed by atoms with Crippen molar-refractivity contribution in [1.29, 1.82) is 0 Å². The molecule has 0 bridgehead atoms. The summed E-state index contributed by atoms with van der Waals surface area (Å²) in [6.45, 7) is 3.72. The molecular weight excluding hydrogens is 148 g/mol. The van der Waals surface area contributed by atoms with Crippen LogP contribution in [0.5, 0.6) is 0 Å². The van der Waals surface area contributed by atoms with E-state index in [1.807, 2.05) is 30.4 Å². The van der Waals surface area contributed by atoms with Gasteiger partial charge in [-0.1, -0.05) is 48.0 Å². The third kappa shape index (κ3) is 3.94. The zero-order valence-corrected chi connectivity index (χ0v) is 7.36. The molecule has 12 heavy (non-hydrogen) atoms. The largest absolute Gasteiger partial charge is 0.373 e. The summed E-state index contributed by atoms with van der Waals surface area (Å²) < 4.78 is 4.83. The first-order valence-electron chi connectivity index (χ1n) is 4.14. The molecule has 0 unspecified atom stereocenters. The molecule has 0 N–H and O–H groups in total. The second-order valence-corrected chi connectivity index (χ2v) is 2.66. The Bertz CT molecular complexity index is 220. The fourth-order valence-corrected chi connectivity index (χ4v) is 0.875. The first-order chi connectivity index (χ1) is 5.89. The number of aryl methyl sites for hydroxylation is 1. The van der Waals surface area contributed by atoms with Gasteiger partial charge in [0.2, 0.25) is 0 Å². The highest BCUT2D eigenvalue weighted by Crippen LogP contribution is 1.92. The van der Waals surface area contributed by atoms with E-state index in [0.29, 0.717) is 0 Å². The summed E-state index contributed by atoms with van der Waals surface area (Å²) in [6.07, 6.45) is 4.03. The Morgan fingerprint density at radius 3 is 1.83 bits per heavy atom. The van der Waals surface area contributed by atoms with Gasteiger partial charge in [0.05, 0.1) is 13.2 Å². The minimum atomic E-state index is 0.819. The predicted molar refractivity (Wildman–Crippen MR) is 51.1 cm³/mol. The first kappa shape index (κ1) is 9.01. The van der Waals surface area contributed by atoms with Crippen LogP contribution in [0.15, 0.2) is 42.5 Å². The van der Waals surface area contributed by atoms with Crippen LogP contribution in [0.3, 0.4) is 0 Å². The third-order valence-electron chi connectivity index (χ3n) is 1.54. The zero-order chi connectivity index (χ0) is 8.65. The summed E-state index contributed by atoms with van der Waals surface area (Å²) in [4.78, 5) is 0. The van der Waals surface area contributed by atoms with Crippen molar-refractivity contribution in [2.75, 3.05) is 13.2 Å². The Hall–Kier alpha value is -1.08. The molecule has 1 aliphatic rings. The zero-order valence-electron chi connectivity index (χ0n) is 7.36. The maximum atomic E-state index is 4.83. The lowest BCUT2D eigenvalue weighted by Gasteiger charge is -1.82. The number of ether oxygens (including phenoxy) is 1. The van der Waals surface area contributed by atoms with Crippen LogP contribution in [0.1, 0.15) is 5.56 Å². The Morgan fingerprint density at radius 2 is 1.58 bits per heavy atom. The molecule has 1 nitrogen and oxygen atoms in total. The van der Waals surface area contributed by atoms with E-state index >= 15 is 0 Å². The van der Waals surface area contributed by atoms with E-state index in [1.165, 1.54) is 5.56 Å². The summed E-state index contributed by atoms with van der Waals surface area (Å²) in [5.41, 5.74) is 1.32. The van der Waals surface area contributed by atoms with Gasteiger partial charge < -0.3 is 4.74 Å². The Balaban J connectivity index is 0.000000127. The molecule has 1 aromatic rings. The molecule has 0 fully saturated rings. The number of benzene rings is 1. The quantitative estimate of drug-likeness (QED) is 0.533. The summed E-state index contributed by atoms with van der Waals surface area (Å²) in [6, 6.07) is 10.3. The average Bonchev–Trinajstić information content (AvgIpc) is 2.62. The minimum absolute atomic E-state index is 0.819. The highest BCUT2D eigenvalue weighted by molar-refractivity contribution is 5.11. The monoisotopic (exact) mass is 162 g/mol. The van der Waals surface area contributed by atoms with Crippen LogP contribution < -0.4 is 0 Å². The van der Waals surface area contributed by atoms with Crippen molar-refractivity contribution in [3.05, 3.63) is 48.0 Å². The SMILES string of the molecule is C1=CCOC1.Cc1ccccc1. The van der Waals surface area contributed by atoms with E-state index in [9.17, 15) is 0 Å². The fourth-order valence-electron chi connectivity index (χ4n) is 0.875. The van der Waals surface area contributed by atoms with Crippen LogP contribution >= 0.6 is 0 Å². The van der Waals surface area contributed by atoms with Gasteiger partial charge in [0.1, 0.15) is 0 Å². The molecule has 1 heterocycles. The molecule has 0 saturated carbocycles. The van der Waals surface area contributed by atoms with Crippen LogP contribution in [0.25, 0.3) is 0 Å². The van der Waals surface area contributed by atoms with Crippen molar-refractivity contribution < 1.29 is 4.74 Å². The van der Waals surface area contributed by atoms with Crippen LogP contribution in [-0.2, 0) is 4.74 Å². The second kappa shape index (κ2) is 5.56. The number of hydrogen-bond donors (Lipinski definition) is 0. The number of hydrogen-bond acceptors (Lipinski definition) is 1. The van der Waals surface area contributed by atoms with Crippen molar-refractivity contribution >= 4 is 0 Å². The predicted octanol–water partition coefficient (Wildman–Crippen LogP) is 2.57. The molecule has 0 spiro atoms. The molecule has 1 aromatic carbocycles. The second-order valence-electron chi connectivity index (χ2n) is 2.66. The third-order valence-corrected chi connectivity index (χ3v) is 1.54. The summed E-state index contributed by atoms with van der Waals surface area (Å²) in [7, 11) is 0. The first-order valence-corrected chi connectivity index (χ1v) is 4.14. The molecule has 1 aliphatic heterocycles. The molecule has 0 amide bonds. The van der Waals surface area contributed by atoms with E-state index in [0.717, 1.165) is 13.2 Å². The van der Waals surface area contributed by atoms with Crippen LogP contribution in [0, 0.1) is 6.92 Å². The molecular formula is C11H14O. The van der Waals surface area contributed by atoms with E-state index < -0.39 is 0 Å². The van der Waals surface area contributed by atoms with Gasteiger partial charge in [0.15, 0.2) is 0 Å². The van der Waals surface area contributed by atoms with E-state index in [1.54, 1.807) is 0 Å². The van der Waals surface area contributed by atoms with Crippen molar-refractivity contribution in [1.82, 2.24) is 0 Å². The minimum Gasteiger partial charge on any atom is -0.373 e. The molecule has 1 heteroatoms. The normalized spacial score (nSPS) is 13.8. The van der Waals surface area contributed by atoms with Crippen LogP contribution in [0.4, 0.5) is 0 Å². The number of rotatable bonds is 0. The Kier molecular flexibility index (Phi) is 4.17. The Labute approximate surface area is 73.7 Å². The maximum absolute atomic E-state index is 4.83. The lowest BCUT2D eigenvalue weighted by molar-refractivity contribution is 0.213.